The fourth-order valence-electron chi connectivity index (χ4n) is 3.69. The van der Waals surface area contributed by atoms with E-state index in [2.05, 4.69) is 42.6 Å². The van der Waals surface area contributed by atoms with Gasteiger partial charge in [0, 0.05) is 6.54 Å². The van der Waals surface area contributed by atoms with Crippen LogP contribution in [0.1, 0.15) is 62.6 Å². The van der Waals surface area contributed by atoms with Crippen molar-refractivity contribution in [1.82, 2.24) is 9.38 Å². The topological polar surface area (TPSA) is 53.1 Å². The Labute approximate surface area is 155 Å². The number of imidazole rings is 1. The molecule has 0 spiro atoms. The molecule has 1 N–H and O–H groups in total. The Morgan fingerprint density at radius 3 is 2.65 bits per heavy atom. The number of nitrogens with one attached hydrogen (secondary N) is 1. The van der Waals surface area contributed by atoms with Gasteiger partial charge in [-0.2, -0.15) is 5.26 Å². The van der Waals surface area contributed by atoms with Crippen LogP contribution in [0.5, 0.6) is 0 Å². The largest absolute Gasteiger partial charge is 0.371 e. The van der Waals surface area contributed by atoms with Gasteiger partial charge < -0.3 is 5.32 Å². The number of hydrogen-bond acceptors (Lipinski definition) is 3. The van der Waals surface area contributed by atoms with E-state index in [-0.39, 0.29) is 0 Å². The molecule has 3 aromatic rings. The van der Waals surface area contributed by atoms with Crippen LogP contribution in [-0.4, -0.2) is 15.9 Å². The highest BCUT2D eigenvalue weighted by atomic mass is 15.1. The SMILES string of the molecule is CCCCCCNc1c(CCC)c(C)c(C#N)c2nc3ccccc3n12. The molecule has 0 radical (unpaired) electrons. The summed E-state index contributed by atoms with van der Waals surface area (Å²) >= 11 is 0. The van der Waals surface area contributed by atoms with E-state index in [4.69, 9.17) is 4.98 Å². The molecular weight excluding hydrogens is 320 g/mol. The van der Waals surface area contributed by atoms with Gasteiger partial charge >= 0.3 is 0 Å². The van der Waals surface area contributed by atoms with Gasteiger partial charge in [-0.05, 0) is 43.0 Å². The number of anilines is 1. The Bertz CT molecular complexity index is 946. The average molecular weight is 348 g/mol. The summed E-state index contributed by atoms with van der Waals surface area (Å²) in [4.78, 5) is 4.77. The Hall–Kier alpha value is -2.54. The maximum Gasteiger partial charge on any atom is 0.157 e. The Kier molecular flexibility index (Phi) is 5.78. The van der Waals surface area contributed by atoms with Gasteiger partial charge in [-0.25, -0.2) is 4.98 Å². The standard InChI is InChI=1S/C22H28N4/c1-4-6-7-10-14-24-21-17(11-5-2)16(3)18(15-23)22-25-19-12-8-9-13-20(19)26(21)22/h8-9,12-13,24H,4-7,10-11,14H2,1-3H3. The first-order valence-corrected chi connectivity index (χ1v) is 9.79. The first-order valence-electron chi connectivity index (χ1n) is 9.79. The summed E-state index contributed by atoms with van der Waals surface area (Å²) in [5.41, 5.74) is 5.77. The maximum atomic E-state index is 9.77. The highest BCUT2D eigenvalue weighted by molar-refractivity contribution is 5.86. The number of para-hydroxylation sites is 2. The monoisotopic (exact) mass is 348 g/mol. The molecule has 0 aliphatic rings. The summed E-state index contributed by atoms with van der Waals surface area (Å²) in [5.74, 6) is 1.11. The zero-order valence-corrected chi connectivity index (χ0v) is 16.1. The van der Waals surface area contributed by atoms with E-state index in [9.17, 15) is 5.26 Å². The quantitative estimate of drug-likeness (QED) is 0.538. The second kappa shape index (κ2) is 8.23. The van der Waals surface area contributed by atoms with Crippen LogP contribution < -0.4 is 5.32 Å². The highest BCUT2D eigenvalue weighted by Crippen LogP contribution is 2.31. The number of rotatable bonds is 8. The van der Waals surface area contributed by atoms with Crippen LogP contribution >= 0.6 is 0 Å². The van der Waals surface area contributed by atoms with Gasteiger partial charge in [-0.1, -0.05) is 51.7 Å². The molecule has 2 aromatic heterocycles. The van der Waals surface area contributed by atoms with E-state index < -0.39 is 0 Å². The zero-order valence-electron chi connectivity index (χ0n) is 16.1. The van der Waals surface area contributed by atoms with Gasteiger partial charge in [0.15, 0.2) is 5.65 Å². The van der Waals surface area contributed by atoms with Crippen LogP contribution in [0, 0.1) is 18.3 Å². The van der Waals surface area contributed by atoms with E-state index in [1.807, 2.05) is 18.2 Å². The second-order valence-electron chi connectivity index (χ2n) is 6.94. The molecule has 0 bridgehead atoms. The minimum absolute atomic E-state index is 0.696. The van der Waals surface area contributed by atoms with Crippen LogP contribution in [0.4, 0.5) is 5.82 Å². The first-order chi connectivity index (χ1) is 12.7. The van der Waals surface area contributed by atoms with E-state index in [1.54, 1.807) is 0 Å². The van der Waals surface area contributed by atoms with Crippen LogP contribution in [0.3, 0.4) is 0 Å². The third-order valence-corrected chi connectivity index (χ3v) is 5.06. The van der Waals surface area contributed by atoms with Gasteiger partial charge in [-0.3, -0.25) is 4.40 Å². The molecule has 4 nitrogen and oxygen atoms in total. The highest BCUT2D eigenvalue weighted by Gasteiger charge is 2.19. The number of unbranched alkanes of at least 4 members (excludes halogenated alkanes) is 3. The van der Waals surface area contributed by atoms with Crippen molar-refractivity contribution in [2.75, 3.05) is 11.9 Å². The lowest BCUT2D eigenvalue weighted by atomic mass is 10.0. The number of nitrogens with zero attached hydrogens (tertiary/aromatic N) is 3. The number of fused-ring (bicyclic) bond motifs is 3. The smallest absolute Gasteiger partial charge is 0.157 e. The van der Waals surface area contributed by atoms with Crippen molar-refractivity contribution >= 4 is 22.5 Å². The summed E-state index contributed by atoms with van der Waals surface area (Å²) in [6, 6.07) is 10.5. The molecule has 0 aliphatic carbocycles. The minimum Gasteiger partial charge on any atom is -0.371 e. The second-order valence-corrected chi connectivity index (χ2v) is 6.94. The van der Waals surface area contributed by atoms with Crippen LogP contribution in [0.2, 0.25) is 0 Å². The van der Waals surface area contributed by atoms with Crippen molar-refractivity contribution in [2.24, 2.45) is 0 Å². The normalized spacial score (nSPS) is 11.2. The predicted octanol–water partition coefficient (Wildman–Crippen LogP) is 5.61. The molecule has 0 fully saturated rings. The fourth-order valence-corrected chi connectivity index (χ4v) is 3.69. The predicted molar refractivity (Wildman–Crippen MR) is 109 cm³/mol. The number of nitriles is 1. The third kappa shape index (κ3) is 3.26. The molecule has 0 saturated heterocycles. The molecule has 0 saturated carbocycles. The van der Waals surface area contributed by atoms with Gasteiger partial charge in [0.1, 0.15) is 11.9 Å². The first kappa shape index (κ1) is 18.3. The van der Waals surface area contributed by atoms with Crippen molar-refractivity contribution < 1.29 is 0 Å². The van der Waals surface area contributed by atoms with Crippen LogP contribution in [0.15, 0.2) is 24.3 Å². The molecule has 4 heteroatoms. The lowest BCUT2D eigenvalue weighted by Crippen LogP contribution is -2.12. The maximum absolute atomic E-state index is 9.77. The molecule has 2 heterocycles. The number of hydrogen-bond donors (Lipinski definition) is 1. The average Bonchev–Trinajstić information content (AvgIpc) is 3.03. The molecule has 136 valence electrons. The van der Waals surface area contributed by atoms with Crippen molar-refractivity contribution in [3.63, 3.8) is 0 Å². The summed E-state index contributed by atoms with van der Waals surface area (Å²) in [5, 5.41) is 13.5. The van der Waals surface area contributed by atoms with Crippen molar-refractivity contribution in [3.8, 4) is 6.07 Å². The lowest BCUT2D eigenvalue weighted by Gasteiger charge is -2.18. The Morgan fingerprint density at radius 1 is 1.12 bits per heavy atom. The van der Waals surface area contributed by atoms with Gasteiger partial charge in [0.05, 0.1) is 16.6 Å². The van der Waals surface area contributed by atoms with Gasteiger partial charge in [-0.15, -0.1) is 0 Å². The summed E-state index contributed by atoms with van der Waals surface area (Å²) in [7, 11) is 0. The molecule has 0 amide bonds. The van der Waals surface area contributed by atoms with Crippen LogP contribution in [-0.2, 0) is 6.42 Å². The van der Waals surface area contributed by atoms with E-state index in [1.165, 1.54) is 24.8 Å². The summed E-state index contributed by atoms with van der Waals surface area (Å²) < 4.78 is 2.16. The summed E-state index contributed by atoms with van der Waals surface area (Å²) in [6.45, 7) is 7.43. The van der Waals surface area contributed by atoms with Crippen molar-refractivity contribution in [3.05, 3.63) is 41.0 Å². The number of benzene rings is 1. The van der Waals surface area contributed by atoms with Crippen LogP contribution in [0.25, 0.3) is 16.7 Å². The molecule has 0 aliphatic heterocycles. The molecule has 0 atom stereocenters. The van der Waals surface area contributed by atoms with Crippen molar-refractivity contribution in [2.45, 2.75) is 59.3 Å². The lowest BCUT2D eigenvalue weighted by molar-refractivity contribution is 0.683. The Morgan fingerprint density at radius 2 is 1.92 bits per heavy atom. The zero-order chi connectivity index (χ0) is 18.5. The van der Waals surface area contributed by atoms with Gasteiger partial charge in [0.25, 0.3) is 0 Å². The van der Waals surface area contributed by atoms with E-state index in [0.29, 0.717) is 5.56 Å². The minimum atomic E-state index is 0.696. The van der Waals surface area contributed by atoms with Crippen molar-refractivity contribution in [1.29, 1.82) is 5.26 Å². The molecule has 0 unspecified atom stereocenters. The number of pyridine rings is 1. The molecule has 1 aromatic carbocycles. The fraction of sp³-hybridized carbons (Fsp3) is 0.455. The third-order valence-electron chi connectivity index (χ3n) is 5.06. The number of aromatic nitrogens is 2. The molecule has 26 heavy (non-hydrogen) atoms. The molecular formula is C22H28N4. The Balaban J connectivity index is 2.18. The van der Waals surface area contributed by atoms with E-state index in [0.717, 1.165) is 53.9 Å². The molecule has 3 rings (SSSR count). The van der Waals surface area contributed by atoms with Gasteiger partial charge in [0.2, 0.25) is 0 Å². The summed E-state index contributed by atoms with van der Waals surface area (Å²) in [6.07, 6.45) is 6.93. The van der Waals surface area contributed by atoms with E-state index >= 15 is 0 Å².